The molecular formula is C17H25NO4. The minimum absolute atomic E-state index is 0.164. The van der Waals surface area contributed by atoms with E-state index in [0.717, 1.165) is 31.4 Å². The predicted molar refractivity (Wildman–Crippen MR) is 84.0 cm³/mol. The lowest BCUT2D eigenvalue weighted by Crippen LogP contribution is -2.44. The molecule has 1 saturated heterocycles. The highest BCUT2D eigenvalue weighted by molar-refractivity contribution is 5.75. The summed E-state index contributed by atoms with van der Waals surface area (Å²) < 4.78 is 10.6. The van der Waals surface area contributed by atoms with Crippen molar-refractivity contribution in [3.8, 4) is 11.5 Å². The lowest BCUT2D eigenvalue weighted by molar-refractivity contribution is -0.151. The van der Waals surface area contributed by atoms with Gasteiger partial charge < -0.3 is 14.6 Å². The number of hydrogen-bond acceptors (Lipinski definition) is 5. The van der Waals surface area contributed by atoms with E-state index in [9.17, 15) is 9.90 Å². The van der Waals surface area contributed by atoms with Gasteiger partial charge in [0.1, 0.15) is 6.04 Å². The number of carbonyl (C=O) groups is 1. The van der Waals surface area contributed by atoms with Crippen LogP contribution in [0, 0.1) is 0 Å². The van der Waals surface area contributed by atoms with Crippen molar-refractivity contribution < 1.29 is 19.4 Å². The van der Waals surface area contributed by atoms with E-state index in [0.29, 0.717) is 25.5 Å². The number of phenolic OH excluding ortho intramolecular Hbond substituents is 1. The fourth-order valence-electron chi connectivity index (χ4n) is 2.87. The van der Waals surface area contributed by atoms with Crippen molar-refractivity contribution in [2.75, 3.05) is 19.8 Å². The average Bonchev–Trinajstić information content (AvgIpc) is 2.52. The molecule has 1 heterocycles. The molecule has 1 aromatic carbocycles. The molecule has 1 aliphatic rings. The molecule has 0 amide bonds. The number of carbonyl (C=O) groups excluding carboxylic acids is 1. The van der Waals surface area contributed by atoms with Crippen molar-refractivity contribution in [3.63, 3.8) is 0 Å². The SMILES string of the molecule is CCOC(=O)[C@H]1CCCCN1Cc1cccc(OCC)c1O. The zero-order valence-corrected chi connectivity index (χ0v) is 13.4. The van der Waals surface area contributed by atoms with Crippen molar-refractivity contribution in [3.05, 3.63) is 23.8 Å². The van der Waals surface area contributed by atoms with Gasteiger partial charge in [0.15, 0.2) is 11.5 Å². The summed E-state index contributed by atoms with van der Waals surface area (Å²) in [5.41, 5.74) is 0.780. The lowest BCUT2D eigenvalue weighted by Gasteiger charge is -2.34. The Morgan fingerprint density at radius 1 is 1.32 bits per heavy atom. The summed E-state index contributed by atoms with van der Waals surface area (Å²) in [6.07, 6.45) is 2.90. The Hall–Kier alpha value is -1.75. The minimum Gasteiger partial charge on any atom is -0.504 e. The molecule has 1 aromatic rings. The number of nitrogens with zero attached hydrogens (tertiary/aromatic N) is 1. The monoisotopic (exact) mass is 307 g/mol. The van der Waals surface area contributed by atoms with Crippen LogP contribution in [-0.2, 0) is 16.1 Å². The first-order valence-corrected chi connectivity index (χ1v) is 8.01. The van der Waals surface area contributed by atoms with E-state index in [1.165, 1.54) is 0 Å². The molecule has 0 saturated carbocycles. The van der Waals surface area contributed by atoms with E-state index in [-0.39, 0.29) is 17.8 Å². The second-order valence-corrected chi connectivity index (χ2v) is 5.43. The largest absolute Gasteiger partial charge is 0.504 e. The maximum Gasteiger partial charge on any atom is 0.323 e. The Kier molecular flexibility index (Phi) is 6.07. The molecule has 0 bridgehead atoms. The minimum atomic E-state index is -0.219. The van der Waals surface area contributed by atoms with Gasteiger partial charge in [-0.15, -0.1) is 0 Å². The topological polar surface area (TPSA) is 59.0 Å². The average molecular weight is 307 g/mol. The molecule has 0 unspecified atom stereocenters. The second kappa shape index (κ2) is 8.03. The van der Waals surface area contributed by atoms with Crippen LogP contribution in [0.5, 0.6) is 11.5 Å². The molecule has 1 fully saturated rings. The zero-order chi connectivity index (χ0) is 15.9. The summed E-state index contributed by atoms with van der Waals surface area (Å²) in [4.78, 5) is 14.2. The highest BCUT2D eigenvalue weighted by Gasteiger charge is 2.30. The van der Waals surface area contributed by atoms with Crippen LogP contribution in [0.4, 0.5) is 0 Å². The number of phenols is 1. The van der Waals surface area contributed by atoms with Gasteiger partial charge in [-0.3, -0.25) is 9.69 Å². The predicted octanol–water partition coefficient (Wildman–Crippen LogP) is 2.71. The third kappa shape index (κ3) is 3.91. The van der Waals surface area contributed by atoms with Gasteiger partial charge in [0, 0.05) is 12.1 Å². The lowest BCUT2D eigenvalue weighted by atomic mass is 10.0. The number of rotatable bonds is 6. The van der Waals surface area contributed by atoms with Crippen molar-refractivity contribution in [2.45, 2.75) is 45.7 Å². The summed E-state index contributed by atoms with van der Waals surface area (Å²) >= 11 is 0. The van der Waals surface area contributed by atoms with Gasteiger partial charge in [-0.2, -0.15) is 0 Å². The first-order chi connectivity index (χ1) is 10.7. The van der Waals surface area contributed by atoms with Crippen molar-refractivity contribution in [2.24, 2.45) is 0 Å². The molecule has 22 heavy (non-hydrogen) atoms. The van der Waals surface area contributed by atoms with Crippen LogP contribution in [-0.4, -0.2) is 41.8 Å². The Morgan fingerprint density at radius 2 is 2.14 bits per heavy atom. The smallest absolute Gasteiger partial charge is 0.323 e. The fraction of sp³-hybridized carbons (Fsp3) is 0.588. The van der Waals surface area contributed by atoms with E-state index in [2.05, 4.69) is 4.90 Å². The maximum absolute atomic E-state index is 12.1. The summed E-state index contributed by atoms with van der Waals surface area (Å²) in [5, 5.41) is 10.3. The number of hydrogen-bond donors (Lipinski definition) is 1. The maximum atomic E-state index is 12.1. The second-order valence-electron chi connectivity index (χ2n) is 5.43. The molecule has 5 heteroatoms. The molecule has 1 N–H and O–H groups in total. The molecular weight excluding hydrogens is 282 g/mol. The van der Waals surface area contributed by atoms with E-state index in [1.54, 1.807) is 6.07 Å². The first-order valence-electron chi connectivity index (χ1n) is 8.01. The van der Waals surface area contributed by atoms with E-state index in [1.807, 2.05) is 26.0 Å². The standard InChI is InChI=1S/C17H25NO4/c1-3-21-15-10-7-8-13(16(15)19)12-18-11-6-5-9-14(18)17(20)22-4-2/h7-8,10,14,19H,3-6,9,11-12H2,1-2H3/t14-/m1/s1. The summed E-state index contributed by atoms with van der Waals surface area (Å²) in [7, 11) is 0. The third-order valence-electron chi connectivity index (χ3n) is 3.93. The molecule has 1 aliphatic heterocycles. The van der Waals surface area contributed by atoms with Gasteiger partial charge in [0.25, 0.3) is 0 Å². The van der Waals surface area contributed by atoms with Crippen molar-refractivity contribution >= 4 is 5.97 Å². The number of para-hydroxylation sites is 1. The number of ether oxygens (including phenoxy) is 2. The summed E-state index contributed by atoms with van der Waals surface area (Å²) in [6, 6.07) is 5.27. The summed E-state index contributed by atoms with van der Waals surface area (Å²) in [5.74, 6) is 0.491. The molecule has 0 aliphatic carbocycles. The molecule has 0 aromatic heterocycles. The molecule has 0 spiro atoms. The van der Waals surface area contributed by atoms with Crippen LogP contribution in [0.3, 0.4) is 0 Å². The molecule has 122 valence electrons. The summed E-state index contributed by atoms with van der Waals surface area (Å²) in [6.45, 7) is 5.97. The Morgan fingerprint density at radius 3 is 2.86 bits per heavy atom. The van der Waals surface area contributed by atoms with Crippen LogP contribution in [0.2, 0.25) is 0 Å². The van der Waals surface area contributed by atoms with Gasteiger partial charge in [0.2, 0.25) is 0 Å². The Labute approximate surface area is 131 Å². The van der Waals surface area contributed by atoms with Crippen LogP contribution >= 0.6 is 0 Å². The van der Waals surface area contributed by atoms with Gasteiger partial charge in [-0.1, -0.05) is 18.6 Å². The van der Waals surface area contributed by atoms with Gasteiger partial charge in [0.05, 0.1) is 13.2 Å². The van der Waals surface area contributed by atoms with E-state index >= 15 is 0 Å². The van der Waals surface area contributed by atoms with Crippen LogP contribution in [0.25, 0.3) is 0 Å². The third-order valence-corrected chi connectivity index (χ3v) is 3.93. The number of piperidine rings is 1. The highest BCUT2D eigenvalue weighted by Crippen LogP contribution is 2.32. The Balaban J connectivity index is 2.13. The fourth-order valence-corrected chi connectivity index (χ4v) is 2.87. The van der Waals surface area contributed by atoms with Crippen molar-refractivity contribution in [1.29, 1.82) is 0 Å². The number of likely N-dealkylation sites (tertiary alicyclic amines) is 1. The van der Waals surface area contributed by atoms with Crippen LogP contribution in [0.15, 0.2) is 18.2 Å². The molecule has 5 nitrogen and oxygen atoms in total. The van der Waals surface area contributed by atoms with Crippen molar-refractivity contribution in [1.82, 2.24) is 4.90 Å². The van der Waals surface area contributed by atoms with Crippen LogP contribution < -0.4 is 4.74 Å². The molecule has 2 rings (SSSR count). The van der Waals surface area contributed by atoms with Crippen LogP contribution in [0.1, 0.15) is 38.7 Å². The highest BCUT2D eigenvalue weighted by atomic mass is 16.5. The zero-order valence-electron chi connectivity index (χ0n) is 13.4. The van der Waals surface area contributed by atoms with Gasteiger partial charge in [-0.05, 0) is 39.3 Å². The Bertz CT molecular complexity index is 503. The number of benzene rings is 1. The first kappa shape index (κ1) is 16.6. The number of esters is 1. The normalized spacial score (nSPS) is 18.9. The van der Waals surface area contributed by atoms with E-state index < -0.39 is 0 Å². The molecule has 1 atom stereocenters. The molecule has 0 radical (unpaired) electrons. The number of aromatic hydroxyl groups is 1. The van der Waals surface area contributed by atoms with Gasteiger partial charge >= 0.3 is 5.97 Å². The van der Waals surface area contributed by atoms with Gasteiger partial charge in [-0.25, -0.2) is 0 Å². The van der Waals surface area contributed by atoms with E-state index in [4.69, 9.17) is 9.47 Å². The quantitative estimate of drug-likeness (QED) is 0.819.